The minimum atomic E-state index is -0.673. The molecule has 0 amide bonds. The van der Waals surface area contributed by atoms with Gasteiger partial charge in [0.15, 0.2) is 0 Å². The van der Waals surface area contributed by atoms with Crippen LogP contribution < -0.4 is 0 Å². The van der Waals surface area contributed by atoms with Crippen LogP contribution in [-0.2, 0) is 11.3 Å². The largest absolute Gasteiger partial charge is 0.394 e. The predicted molar refractivity (Wildman–Crippen MR) is 82.0 cm³/mol. The second kappa shape index (κ2) is 7.33. The number of ether oxygens (including phenoxy) is 1. The molecule has 1 aromatic carbocycles. The van der Waals surface area contributed by atoms with Crippen molar-refractivity contribution in [2.24, 2.45) is 0 Å². The zero-order valence-corrected chi connectivity index (χ0v) is 13.0. The van der Waals surface area contributed by atoms with Gasteiger partial charge in [0.2, 0.25) is 0 Å². The van der Waals surface area contributed by atoms with Gasteiger partial charge in [-0.25, -0.2) is 0 Å². The number of rotatable bonds is 6. The second-order valence-corrected chi connectivity index (χ2v) is 6.04. The van der Waals surface area contributed by atoms with E-state index < -0.39 is 12.2 Å². The maximum absolute atomic E-state index is 10.4. The number of nitrogens with zero attached hydrogens (tertiary/aromatic N) is 2. The highest BCUT2D eigenvalue weighted by atomic mass is 16.5. The first-order valence-electron chi connectivity index (χ1n) is 7.36. The van der Waals surface area contributed by atoms with Crippen molar-refractivity contribution in [3.05, 3.63) is 35.9 Å². The first-order chi connectivity index (χ1) is 10.0. The first kappa shape index (κ1) is 16.4. The highest BCUT2D eigenvalue weighted by Crippen LogP contribution is 2.26. The number of hydrogen-bond donors (Lipinski definition) is 2. The Balaban J connectivity index is 2.09. The highest BCUT2D eigenvalue weighted by Gasteiger charge is 2.45. The molecule has 21 heavy (non-hydrogen) atoms. The molecule has 1 aliphatic rings. The Labute approximate surface area is 126 Å². The summed E-state index contributed by atoms with van der Waals surface area (Å²) in [6.07, 6.45) is -1.28. The molecule has 0 aliphatic carbocycles. The van der Waals surface area contributed by atoms with E-state index in [0.717, 1.165) is 13.1 Å². The van der Waals surface area contributed by atoms with E-state index in [-0.39, 0.29) is 18.8 Å². The van der Waals surface area contributed by atoms with E-state index in [1.807, 2.05) is 44.2 Å². The molecule has 0 saturated carbocycles. The smallest absolute Gasteiger partial charge is 0.109 e. The van der Waals surface area contributed by atoms with Crippen LogP contribution in [0.25, 0.3) is 0 Å². The summed E-state index contributed by atoms with van der Waals surface area (Å²) in [5, 5.41) is 19.8. The molecule has 0 bridgehead atoms. The Morgan fingerprint density at radius 1 is 1.10 bits per heavy atom. The molecule has 4 atom stereocenters. The molecule has 0 radical (unpaired) electrons. The number of aliphatic hydroxyl groups excluding tert-OH is 2. The van der Waals surface area contributed by atoms with Crippen LogP contribution in [0.2, 0.25) is 0 Å². The fourth-order valence-electron chi connectivity index (χ4n) is 3.01. The van der Waals surface area contributed by atoms with Gasteiger partial charge in [-0.15, -0.1) is 0 Å². The quantitative estimate of drug-likeness (QED) is 0.783. The monoisotopic (exact) mass is 294 g/mol. The molecule has 2 rings (SSSR count). The van der Waals surface area contributed by atoms with Crippen LogP contribution >= 0.6 is 0 Å². The van der Waals surface area contributed by atoms with Crippen LogP contribution in [0.4, 0.5) is 0 Å². The maximum atomic E-state index is 10.4. The van der Waals surface area contributed by atoms with Gasteiger partial charge in [-0.3, -0.25) is 4.90 Å². The third kappa shape index (κ3) is 4.02. The van der Waals surface area contributed by atoms with E-state index in [1.54, 1.807) is 0 Å². The lowest BCUT2D eigenvalue weighted by Crippen LogP contribution is -2.48. The number of hydrogen-bond acceptors (Lipinski definition) is 5. The lowest BCUT2D eigenvalue weighted by atomic mass is 10.0. The molecule has 0 aromatic heterocycles. The standard InChI is InChI=1S/C16H26N2O3/c1-17(2)10-13-15(16(20)14(11-19)21-13)18(3)9-12-7-5-4-6-8-12/h4-8,13-16,19-20H,9-11H2,1-3H3. The molecule has 2 N–H and O–H groups in total. The number of benzene rings is 1. The van der Waals surface area contributed by atoms with Crippen molar-refractivity contribution in [1.82, 2.24) is 9.80 Å². The van der Waals surface area contributed by atoms with Gasteiger partial charge in [0.25, 0.3) is 0 Å². The van der Waals surface area contributed by atoms with Crippen molar-refractivity contribution in [2.75, 3.05) is 34.3 Å². The summed E-state index contributed by atoms with van der Waals surface area (Å²) >= 11 is 0. The van der Waals surface area contributed by atoms with Gasteiger partial charge in [-0.1, -0.05) is 30.3 Å². The Hall–Kier alpha value is -0.980. The van der Waals surface area contributed by atoms with E-state index >= 15 is 0 Å². The normalized spacial score (nSPS) is 29.5. The fourth-order valence-corrected chi connectivity index (χ4v) is 3.01. The molecule has 118 valence electrons. The third-order valence-electron chi connectivity index (χ3n) is 3.97. The minimum absolute atomic E-state index is 0.110. The molecule has 0 spiro atoms. The molecule has 1 heterocycles. The van der Waals surface area contributed by atoms with Crippen LogP contribution in [0.1, 0.15) is 5.56 Å². The van der Waals surface area contributed by atoms with Crippen molar-refractivity contribution in [1.29, 1.82) is 0 Å². The van der Waals surface area contributed by atoms with Crippen LogP contribution in [0, 0.1) is 0 Å². The van der Waals surface area contributed by atoms with Crippen molar-refractivity contribution in [3.8, 4) is 0 Å². The van der Waals surface area contributed by atoms with E-state index in [2.05, 4.69) is 17.0 Å². The summed E-state index contributed by atoms with van der Waals surface area (Å²) in [6.45, 7) is 1.31. The summed E-state index contributed by atoms with van der Waals surface area (Å²) in [5.41, 5.74) is 1.20. The van der Waals surface area contributed by atoms with E-state index in [1.165, 1.54) is 5.56 Å². The summed E-state index contributed by atoms with van der Waals surface area (Å²) in [6, 6.07) is 10.0. The molecular formula is C16H26N2O3. The molecule has 5 nitrogen and oxygen atoms in total. The summed E-state index contributed by atoms with van der Waals surface area (Å²) in [7, 11) is 5.96. The van der Waals surface area contributed by atoms with Crippen molar-refractivity contribution < 1.29 is 14.9 Å². The average Bonchev–Trinajstić information content (AvgIpc) is 2.75. The topological polar surface area (TPSA) is 56.2 Å². The van der Waals surface area contributed by atoms with Crippen LogP contribution in [0.15, 0.2) is 30.3 Å². The van der Waals surface area contributed by atoms with Crippen molar-refractivity contribution in [2.45, 2.75) is 30.9 Å². The van der Waals surface area contributed by atoms with Gasteiger partial charge in [-0.2, -0.15) is 0 Å². The van der Waals surface area contributed by atoms with Gasteiger partial charge in [0.05, 0.1) is 18.8 Å². The van der Waals surface area contributed by atoms with Gasteiger partial charge in [-0.05, 0) is 26.7 Å². The van der Waals surface area contributed by atoms with Crippen LogP contribution in [0.5, 0.6) is 0 Å². The molecule has 1 aromatic rings. The molecule has 1 aliphatic heterocycles. The second-order valence-electron chi connectivity index (χ2n) is 6.04. The zero-order chi connectivity index (χ0) is 15.4. The van der Waals surface area contributed by atoms with Crippen LogP contribution in [0.3, 0.4) is 0 Å². The molecule has 5 heteroatoms. The summed E-state index contributed by atoms with van der Waals surface area (Å²) < 4.78 is 5.82. The predicted octanol–water partition coefficient (Wildman–Crippen LogP) is 0.169. The Morgan fingerprint density at radius 3 is 2.33 bits per heavy atom. The highest BCUT2D eigenvalue weighted by molar-refractivity contribution is 5.15. The van der Waals surface area contributed by atoms with E-state index in [4.69, 9.17) is 4.74 Å². The summed E-state index contributed by atoms with van der Waals surface area (Å²) in [4.78, 5) is 4.16. The Bertz CT molecular complexity index is 427. The fraction of sp³-hybridized carbons (Fsp3) is 0.625. The lowest BCUT2D eigenvalue weighted by Gasteiger charge is -2.31. The van der Waals surface area contributed by atoms with Crippen molar-refractivity contribution >= 4 is 0 Å². The maximum Gasteiger partial charge on any atom is 0.109 e. The Kier molecular flexibility index (Phi) is 5.72. The van der Waals surface area contributed by atoms with Gasteiger partial charge < -0.3 is 19.8 Å². The van der Waals surface area contributed by atoms with Gasteiger partial charge in [0.1, 0.15) is 12.2 Å². The first-order valence-corrected chi connectivity index (χ1v) is 7.36. The number of aliphatic hydroxyl groups is 2. The van der Waals surface area contributed by atoms with E-state index in [9.17, 15) is 10.2 Å². The average molecular weight is 294 g/mol. The molecule has 1 saturated heterocycles. The van der Waals surface area contributed by atoms with Crippen molar-refractivity contribution in [3.63, 3.8) is 0 Å². The molecular weight excluding hydrogens is 268 g/mol. The zero-order valence-electron chi connectivity index (χ0n) is 13.0. The van der Waals surface area contributed by atoms with Gasteiger partial charge >= 0.3 is 0 Å². The number of likely N-dealkylation sites (N-methyl/N-ethyl adjacent to an activating group) is 2. The van der Waals surface area contributed by atoms with E-state index in [0.29, 0.717) is 0 Å². The molecule has 4 unspecified atom stereocenters. The minimum Gasteiger partial charge on any atom is -0.394 e. The lowest BCUT2D eigenvalue weighted by molar-refractivity contribution is -0.0273. The SMILES string of the molecule is CN(C)CC1OC(CO)C(O)C1N(C)Cc1ccccc1. The van der Waals surface area contributed by atoms with Gasteiger partial charge in [0, 0.05) is 13.1 Å². The molecule has 1 fully saturated rings. The third-order valence-corrected chi connectivity index (χ3v) is 3.97. The Morgan fingerprint density at radius 2 is 1.76 bits per heavy atom. The summed E-state index contributed by atoms with van der Waals surface area (Å²) in [5.74, 6) is 0. The van der Waals surface area contributed by atoms with Crippen LogP contribution in [-0.4, -0.2) is 78.7 Å².